The average Bonchev–Trinajstić information content (AvgIpc) is 3.15. The van der Waals surface area contributed by atoms with E-state index < -0.39 is 17.3 Å². The van der Waals surface area contributed by atoms with Crippen LogP contribution in [-0.2, 0) is 18.9 Å². The van der Waals surface area contributed by atoms with Crippen molar-refractivity contribution in [1.82, 2.24) is 18.7 Å². The summed E-state index contributed by atoms with van der Waals surface area (Å²) >= 11 is 0. The summed E-state index contributed by atoms with van der Waals surface area (Å²) in [5.74, 6) is 0.850. The minimum absolute atomic E-state index is 0.189. The van der Waals surface area contributed by atoms with Crippen LogP contribution in [-0.4, -0.2) is 37.8 Å². The number of imidazole rings is 1. The molecule has 28 heavy (non-hydrogen) atoms. The van der Waals surface area contributed by atoms with Crippen LogP contribution in [0.4, 0.5) is 5.69 Å². The number of nitrogens with zero attached hydrogens (tertiary/aromatic N) is 4. The van der Waals surface area contributed by atoms with E-state index in [1.165, 1.54) is 29.6 Å². The number of aromatic nitrogens is 4. The molecule has 0 saturated heterocycles. The van der Waals surface area contributed by atoms with E-state index in [0.717, 1.165) is 4.57 Å². The van der Waals surface area contributed by atoms with Crippen molar-refractivity contribution in [3.8, 4) is 11.5 Å². The fourth-order valence-electron chi connectivity index (χ4n) is 3.15. The van der Waals surface area contributed by atoms with Gasteiger partial charge in [0.2, 0.25) is 5.91 Å². The van der Waals surface area contributed by atoms with Gasteiger partial charge in [0.05, 0.1) is 6.33 Å². The molecule has 1 aliphatic rings. The number of benzene rings is 1. The Morgan fingerprint density at radius 2 is 1.86 bits per heavy atom. The first kappa shape index (κ1) is 17.8. The highest BCUT2D eigenvalue weighted by molar-refractivity contribution is 5.94. The van der Waals surface area contributed by atoms with E-state index in [0.29, 0.717) is 30.4 Å². The zero-order chi connectivity index (χ0) is 20.0. The lowest BCUT2D eigenvalue weighted by molar-refractivity contribution is -0.118. The molecular formula is C18H19N5O5. The maximum absolute atomic E-state index is 12.8. The van der Waals surface area contributed by atoms with Crippen molar-refractivity contribution in [3.63, 3.8) is 0 Å². The number of fused-ring (bicyclic) bond motifs is 2. The van der Waals surface area contributed by atoms with Crippen molar-refractivity contribution in [2.24, 2.45) is 14.1 Å². The second kappa shape index (κ2) is 6.55. The maximum Gasteiger partial charge on any atom is 0.332 e. The molecule has 3 heterocycles. The lowest BCUT2D eigenvalue weighted by Crippen LogP contribution is -2.38. The van der Waals surface area contributed by atoms with Crippen LogP contribution in [0.25, 0.3) is 11.2 Å². The second-order valence-corrected chi connectivity index (χ2v) is 6.55. The highest BCUT2D eigenvalue weighted by Crippen LogP contribution is 2.32. The molecular weight excluding hydrogens is 366 g/mol. The standard InChI is InChI=1S/C18H19N5O5/c1-10(16(24)20-11-4-5-12-13(8-11)28-7-6-27-12)23-9-19-15-14(23)17(25)22(3)18(26)21(15)2/h4-5,8-10H,6-7H2,1-3H3,(H,20,24)/t10-/m0/s1. The van der Waals surface area contributed by atoms with Crippen molar-refractivity contribution >= 4 is 22.8 Å². The van der Waals surface area contributed by atoms with Gasteiger partial charge >= 0.3 is 5.69 Å². The van der Waals surface area contributed by atoms with E-state index in [2.05, 4.69) is 10.3 Å². The number of aryl methyl sites for hydroxylation is 1. The molecule has 4 rings (SSSR count). The molecule has 0 saturated carbocycles. The van der Waals surface area contributed by atoms with Crippen molar-refractivity contribution in [2.75, 3.05) is 18.5 Å². The van der Waals surface area contributed by atoms with Gasteiger partial charge in [0.25, 0.3) is 5.56 Å². The van der Waals surface area contributed by atoms with Crippen molar-refractivity contribution in [1.29, 1.82) is 0 Å². The van der Waals surface area contributed by atoms with Crippen LogP contribution in [0.5, 0.6) is 11.5 Å². The van der Waals surface area contributed by atoms with Gasteiger partial charge in [-0.3, -0.25) is 18.7 Å². The summed E-state index contributed by atoms with van der Waals surface area (Å²) < 4.78 is 14.7. The summed E-state index contributed by atoms with van der Waals surface area (Å²) in [5, 5.41) is 2.80. The number of carbonyl (C=O) groups is 1. The van der Waals surface area contributed by atoms with E-state index >= 15 is 0 Å². The number of anilines is 1. The number of carbonyl (C=O) groups excluding carboxylic acids is 1. The number of amides is 1. The Hall–Kier alpha value is -3.56. The van der Waals surface area contributed by atoms with Gasteiger partial charge in [-0.25, -0.2) is 9.78 Å². The van der Waals surface area contributed by atoms with Gasteiger partial charge in [0.1, 0.15) is 19.3 Å². The van der Waals surface area contributed by atoms with E-state index in [1.54, 1.807) is 25.1 Å². The first-order valence-electron chi connectivity index (χ1n) is 8.71. The lowest BCUT2D eigenvalue weighted by atomic mass is 10.2. The van der Waals surface area contributed by atoms with E-state index in [4.69, 9.17) is 9.47 Å². The van der Waals surface area contributed by atoms with Gasteiger partial charge in [-0.05, 0) is 19.1 Å². The van der Waals surface area contributed by atoms with Crippen molar-refractivity contribution in [2.45, 2.75) is 13.0 Å². The average molecular weight is 385 g/mol. The fraction of sp³-hybridized carbons (Fsp3) is 0.333. The molecule has 1 amide bonds. The number of hydrogen-bond donors (Lipinski definition) is 1. The monoisotopic (exact) mass is 385 g/mol. The summed E-state index contributed by atoms with van der Waals surface area (Å²) in [7, 11) is 2.92. The molecule has 0 fully saturated rings. The second-order valence-electron chi connectivity index (χ2n) is 6.55. The SMILES string of the molecule is C[C@@H](C(=O)Nc1ccc2c(c1)OCCO2)n1cnc2c1c(=O)n(C)c(=O)n2C. The van der Waals surface area contributed by atoms with E-state index in [1.807, 2.05) is 0 Å². The molecule has 1 atom stereocenters. The molecule has 0 bridgehead atoms. The Balaban J connectivity index is 1.66. The van der Waals surface area contributed by atoms with E-state index in [-0.39, 0.29) is 17.1 Å². The number of rotatable bonds is 3. The lowest BCUT2D eigenvalue weighted by Gasteiger charge is -2.20. The van der Waals surface area contributed by atoms with Crippen molar-refractivity contribution < 1.29 is 14.3 Å². The van der Waals surface area contributed by atoms with Crippen molar-refractivity contribution in [3.05, 3.63) is 45.4 Å². The minimum Gasteiger partial charge on any atom is -0.486 e. The van der Waals surface area contributed by atoms with Crippen LogP contribution in [0.3, 0.4) is 0 Å². The van der Waals surface area contributed by atoms with Crippen LogP contribution in [0, 0.1) is 0 Å². The Morgan fingerprint density at radius 1 is 1.14 bits per heavy atom. The predicted molar refractivity (Wildman–Crippen MR) is 101 cm³/mol. The third-order valence-corrected chi connectivity index (χ3v) is 4.78. The molecule has 2 aromatic heterocycles. The van der Waals surface area contributed by atoms with Crippen LogP contribution >= 0.6 is 0 Å². The molecule has 1 N–H and O–H groups in total. The maximum atomic E-state index is 12.8. The zero-order valence-corrected chi connectivity index (χ0v) is 15.6. The van der Waals surface area contributed by atoms with Gasteiger partial charge in [0, 0.05) is 25.8 Å². The number of ether oxygens (including phenoxy) is 2. The van der Waals surface area contributed by atoms with Gasteiger partial charge in [0.15, 0.2) is 22.7 Å². The van der Waals surface area contributed by atoms with Crippen LogP contribution in [0.2, 0.25) is 0 Å². The molecule has 0 radical (unpaired) electrons. The van der Waals surface area contributed by atoms with Crippen LogP contribution in [0.1, 0.15) is 13.0 Å². The Labute approximate surface area is 158 Å². The summed E-state index contributed by atoms with van der Waals surface area (Å²) in [5.41, 5.74) is -0.0157. The molecule has 0 unspecified atom stereocenters. The molecule has 146 valence electrons. The molecule has 0 spiro atoms. The molecule has 0 aliphatic carbocycles. The van der Waals surface area contributed by atoms with Gasteiger partial charge in [-0.1, -0.05) is 0 Å². The summed E-state index contributed by atoms with van der Waals surface area (Å²) in [6, 6.07) is 4.40. The van der Waals surface area contributed by atoms with Gasteiger partial charge < -0.3 is 19.4 Å². The van der Waals surface area contributed by atoms with Gasteiger partial charge in [-0.15, -0.1) is 0 Å². The van der Waals surface area contributed by atoms with E-state index in [9.17, 15) is 14.4 Å². The Morgan fingerprint density at radius 3 is 2.61 bits per heavy atom. The smallest absolute Gasteiger partial charge is 0.332 e. The quantitative estimate of drug-likeness (QED) is 0.699. The fourth-order valence-corrected chi connectivity index (χ4v) is 3.15. The topological polar surface area (TPSA) is 109 Å². The third-order valence-electron chi connectivity index (χ3n) is 4.78. The normalized spacial score (nSPS) is 14.1. The zero-order valence-electron chi connectivity index (χ0n) is 15.6. The molecule has 3 aromatic rings. The third kappa shape index (κ3) is 2.73. The van der Waals surface area contributed by atoms with Crippen LogP contribution in [0.15, 0.2) is 34.1 Å². The number of nitrogens with one attached hydrogen (secondary N) is 1. The van der Waals surface area contributed by atoms with Crippen LogP contribution < -0.4 is 26.0 Å². The largest absolute Gasteiger partial charge is 0.486 e. The molecule has 1 aromatic carbocycles. The molecule has 10 heteroatoms. The number of hydrogen-bond acceptors (Lipinski definition) is 6. The predicted octanol–water partition coefficient (Wildman–Crippen LogP) is 0.405. The van der Waals surface area contributed by atoms with Gasteiger partial charge in [-0.2, -0.15) is 0 Å². The summed E-state index contributed by atoms with van der Waals surface area (Å²) in [4.78, 5) is 41.5. The highest BCUT2D eigenvalue weighted by atomic mass is 16.6. The first-order chi connectivity index (χ1) is 13.4. The Kier molecular flexibility index (Phi) is 4.17. The Bertz CT molecular complexity index is 1210. The highest BCUT2D eigenvalue weighted by Gasteiger charge is 2.22. The molecule has 10 nitrogen and oxygen atoms in total. The minimum atomic E-state index is -0.733. The first-order valence-corrected chi connectivity index (χ1v) is 8.71. The summed E-state index contributed by atoms with van der Waals surface area (Å²) in [6.07, 6.45) is 1.39. The summed E-state index contributed by atoms with van der Waals surface area (Å²) in [6.45, 7) is 2.59. The molecule has 1 aliphatic heterocycles.